The quantitative estimate of drug-likeness (QED) is 0.334. The summed E-state index contributed by atoms with van der Waals surface area (Å²) in [6.45, 7) is 9.02. The fourth-order valence-corrected chi connectivity index (χ4v) is 7.76. The number of nitrogens with one attached hydrogen (secondary N) is 1. The van der Waals surface area contributed by atoms with E-state index < -0.39 is 28.8 Å². The van der Waals surface area contributed by atoms with Crippen LogP contribution in [0.3, 0.4) is 0 Å². The van der Waals surface area contributed by atoms with Crippen molar-refractivity contribution in [3.63, 3.8) is 0 Å². The molecule has 1 aliphatic carbocycles. The number of aromatic nitrogens is 3. The second-order valence-electron chi connectivity index (χ2n) is 13.8. The van der Waals surface area contributed by atoms with Gasteiger partial charge < -0.3 is 25.6 Å². The van der Waals surface area contributed by atoms with E-state index in [0.717, 1.165) is 57.9 Å². The van der Waals surface area contributed by atoms with Crippen LogP contribution in [0.2, 0.25) is 5.02 Å². The Morgan fingerprint density at radius 1 is 1.09 bits per heavy atom. The number of halogens is 5. The standard InChI is InChI=1S/C32H39ClF4N8O/c1-17-10-23(38)40-28(25(17)32(35,36)37)24-22(33)11-21-27(26(24)34)41-30(42-29(21)45-13-19-4-5-20(14-45)39-19)46-16-31(6-7-31)15-44-9-8-43(3)12-18(44)2/h10-11,18-20,39H,4-9,12-16H2,1-3H3,(H2,38,40)/t18-,19?,20?/m1/s1. The lowest BCUT2D eigenvalue weighted by Gasteiger charge is -2.40. The molecule has 1 saturated carbocycles. The number of nitrogens with two attached hydrogens (primary N) is 1. The number of hydrogen-bond acceptors (Lipinski definition) is 9. The van der Waals surface area contributed by atoms with Crippen LogP contribution in [-0.2, 0) is 6.18 Å². The van der Waals surface area contributed by atoms with Crippen LogP contribution < -0.4 is 20.7 Å². The van der Waals surface area contributed by atoms with Crippen LogP contribution in [0.15, 0.2) is 12.1 Å². The molecule has 1 aromatic carbocycles. The lowest BCUT2D eigenvalue weighted by molar-refractivity contribution is -0.137. The van der Waals surface area contributed by atoms with Gasteiger partial charge in [0.15, 0.2) is 5.82 Å². The normalized spacial score (nSPS) is 25.0. The van der Waals surface area contributed by atoms with Crippen LogP contribution in [-0.4, -0.2) is 95.8 Å². The maximum Gasteiger partial charge on any atom is 0.418 e. The van der Waals surface area contributed by atoms with E-state index in [-0.39, 0.29) is 45.4 Å². The molecular formula is C32H39ClF4N8O. The largest absolute Gasteiger partial charge is 0.463 e. The van der Waals surface area contributed by atoms with Crippen molar-refractivity contribution in [1.29, 1.82) is 0 Å². The third-order valence-electron chi connectivity index (χ3n) is 10.1. The van der Waals surface area contributed by atoms with Crippen LogP contribution in [0.25, 0.3) is 22.2 Å². The minimum Gasteiger partial charge on any atom is -0.463 e. The van der Waals surface area contributed by atoms with E-state index >= 15 is 4.39 Å². The lowest BCUT2D eigenvalue weighted by Crippen LogP contribution is -2.52. The first-order chi connectivity index (χ1) is 21.8. The molecule has 248 valence electrons. The van der Waals surface area contributed by atoms with Crippen molar-refractivity contribution in [2.24, 2.45) is 5.41 Å². The molecule has 4 aliphatic rings. The Labute approximate surface area is 270 Å². The number of piperazine rings is 2. The molecule has 3 aliphatic heterocycles. The molecule has 2 unspecified atom stereocenters. The average Bonchev–Trinajstić information content (AvgIpc) is 3.66. The lowest BCUT2D eigenvalue weighted by atomic mass is 9.99. The Morgan fingerprint density at radius 3 is 2.46 bits per heavy atom. The Hall–Kier alpha value is -3.00. The molecule has 3 N–H and O–H groups in total. The Morgan fingerprint density at radius 2 is 1.80 bits per heavy atom. The predicted molar refractivity (Wildman–Crippen MR) is 170 cm³/mol. The summed E-state index contributed by atoms with van der Waals surface area (Å²) in [7, 11) is 2.13. The number of nitrogens with zero attached hydrogens (tertiary/aromatic N) is 6. The second-order valence-corrected chi connectivity index (χ2v) is 14.2. The van der Waals surface area contributed by atoms with E-state index in [1.165, 1.54) is 13.0 Å². The summed E-state index contributed by atoms with van der Waals surface area (Å²) in [4.78, 5) is 20.1. The second kappa shape index (κ2) is 11.6. The SMILES string of the molecule is Cc1cc(N)nc(-c2c(Cl)cc3c(N4CC5CCC(C4)N5)nc(OCC4(CN5CCN(C)C[C@H]5C)CC4)nc3c2F)c1C(F)(F)F. The summed E-state index contributed by atoms with van der Waals surface area (Å²) in [5.41, 5.74) is 3.19. The number of anilines is 2. The highest BCUT2D eigenvalue weighted by atomic mass is 35.5. The van der Waals surface area contributed by atoms with E-state index in [9.17, 15) is 13.2 Å². The number of nitrogen functional groups attached to an aromatic ring is 1. The van der Waals surface area contributed by atoms with Gasteiger partial charge in [-0.25, -0.2) is 9.37 Å². The van der Waals surface area contributed by atoms with Crippen molar-refractivity contribution in [2.45, 2.75) is 63.8 Å². The Balaban J connectivity index is 1.29. The Bertz CT molecular complexity index is 1660. The summed E-state index contributed by atoms with van der Waals surface area (Å²) in [6.07, 6.45) is -0.790. The van der Waals surface area contributed by atoms with Crippen LogP contribution in [0.1, 0.15) is 43.7 Å². The first kappa shape index (κ1) is 31.6. The number of rotatable bonds is 7. The van der Waals surface area contributed by atoms with Crippen molar-refractivity contribution < 1.29 is 22.3 Å². The number of benzene rings is 1. The zero-order valence-electron chi connectivity index (χ0n) is 26.2. The van der Waals surface area contributed by atoms with Crippen molar-refractivity contribution in [3.05, 3.63) is 34.1 Å². The highest BCUT2D eigenvalue weighted by molar-refractivity contribution is 6.34. The first-order valence-electron chi connectivity index (χ1n) is 15.9. The number of aryl methyl sites for hydroxylation is 1. The summed E-state index contributed by atoms with van der Waals surface area (Å²) >= 11 is 6.62. The van der Waals surface area contributed by atoms with Crippen LogP contribution in [0.4, 0.5) is 29.2 Å². The number of ether oxygens (including phenoxy) is 1. The van der Waals surface area contributed by atoms with Gasteiger partial charge in [-0.2, -0.15) is 23.1 Å². The monoisotopic (exact) mass is 662 g/mol. The van der Waals surface area contributed by atoms with E-state index in [4.69, 9.17) is 27.1 Å². The van der Waals surface area contributed by atoms with Gasteiger partial charge in [-0.15, -0.1) is 0 Å². The number of hydrogen-bond donors (Lipinski definition) is 2. The van der Waals surface area contributed by atoms with Crippen molar-refractivity contribution in [3.8, 4) is 17.3 Å². The molecule has 0 amide bonds. The van der Waals surface area contributed by atoms with Gasteiger partial charge in [0.1, 0.15) is 17.2 Å². The zero-order chi connectivity index (χ0) is 32.5. The molecule has 0 spiro atoms. The van der Waals surface area contributed by atoms with Crippen LogP contribution in [0.5, 0.6) is 6.01 Å². The van der Waals surface area contributed by atoms with E-state index in [1.807, 2.05) is 0 Å². The number of likely N-dealkylation sites (N-methyl/N-ethyl adjacent to an activating group) is 1. The van der Waals surface area contributed by atoms with Gasteiger partial charge in [-0.3, -0.25) is 4.90 Å². The molecule has 7 rings (SSSR count). The molecule has 46 heavy (non-hydrogen) atoms. The van der Waals surface area contributed by atoms with Gasteiger partial charge in [0.2, 0.25) is 0 Å². The third-order valence-corrected chi connectivity index (χ3v) is 10.4. The van der Waals surface area contributed by atoms with Gasteiger partial charge in [0.25, 0.3) is 0 Å². The number of alkyl halides is 3. The molecule has 2 aromatic heterocycles. The van der Waals surface area contributed by atoms with Crippen LogP contribution >= 0.6 is 11.6 Å². The number of fused-ring (bicyclic) bond motifs is 3. The maximum atomic E-state index is 16.7. The Kier molecular flexibility index (Phi) is 7.97. The fourth-order valence-electron chi connectivity index (χ4n) is 7.47. The molecule has 9 nitrogen and oxygen atoms in total. The minimum absolute atomic E-state index is 0.00832. The highest BCUT2D eigenvalue weighted by Crippen LogP contribution is 2.48. The van der Waals surface area contributed by atoms with Gasteiger partial charge in [0.05, 0.1) is 28.5 Å². The highest BCUT2D eigenvalue weighted by Gasteiger charge is 2.46. The molecule has 5 heterocycles. The molecule has 3 saturated heterocycles. The van der Waals surface area contributed by atoms with Gasteiger partial charge in [0, 0.05) is 68.2 Å². The zero-order valence-corrected chi connectivity index (χ0v) is 27.0. The molecular weight excluding hydrogens is 624 g/mol. The smallest absolute Gasteiger partial charge is 0.418 e. The first-order valence-corrected chi connectivity index (χ1v) is 16.3. The topological polar surface area (TPSA) is 95.7 Å². The van der Waals surface area contributed by atoms with Gasteiger partial charge in [-0.1, -0.05) is 11.6 Å². The molecule has 3 aromatic rings. The van der Waals surface area contributed by atoms with E-state index in [0.29, 0.717) is 36.9 Å². The summed E-state index contributed by atoms with van der Waals surface area (Å²) < 4.78 is 65.8. The molecule has 3 atom stereocenters. The molecule has 0 radical (unpaired) electrons. The summed E-state index contributed by atoms with van der Waals surface area (Å²) in [5.74, 6) is -0.746. The molecule has 14 heteroatoms. The predicted octanol–water partition coefficient (Wildman–Crippen LogP) is 5.13. The molecule has 4 fully saturated rings. The van der Waals surface area contributed by atoms with Crippen molar-refractivity contribution in [1.82, 2.24) is 30.1 Å². The minimum atomic E-state index is -4.82. The van der Waals surface area contributed by atoms with Crippen molar-refractivity contribution in [2.75, 3.05) is 63.6 Å². The van der Waals surface area contributed by atoms with Gasteiger partial charge >= 0.3 is 12.2 Å². The third kappa shape index (κ3) is 5.95. The van der Waals surface area contributed by atoms with Crippen molar-refractivity contribution >= 4 is 34.1 Å². The van der Waals surface area contributed by atoms with Crippen LogP contribution in [0, 0.1) is 18.2 Å². The average molecular weight is 663 g/mol. The summed E-state index contributed by atoms with van der Waals surface area (Å²) in [6, 6.07) is 3.47. The van der Waals surface area contributed by atoms with E-state index in [1.54, 1.807) is 0 Å². The van der Waals surface area contributed by atoms with Gasteiger partial charge in [-0.05, 0) is 64.3 Å². The van der Waals surface area contributed by atoms with E-state index in [2.05, 4.69) is 44.0 Å². The maximum absolute atomic E-state index is 16.7. The molecule has 2 bridgehead atoms. The summed E-state index contributed by atoms with van der Waals surface area (Å²) in [5, 5.41) is 3.66. The fraction of sp³-hybridized carbons (Fsp3) is 0.594. The number of pyridine rings is 1.